The van der Waals surface area contributed by atoms with Crippen molar-refractivity contribution in [2.75, 3.05) is 40.8 Å². The summed E-state index contributed by atoms with van der Waals surface area (Å²) in [5.74, 6) is 1.74. The van der Waals surface area contributed by atoms with Gasteiger partial charge in [-0.3, -0.25) is 4.99 Å². The molecule has 20 heavy (non-hydrogen) atoms. The molecule has 0 aromatic rings. The number of aliphatic imine (C=N–C) groups is 1. The second kappa shape index (κ2) is 8.50. The van der Waals surface area contributed by atoms with Crippen molar-refractivity contribution in [3.8, 4) is 0 Å². The maximum Gasteiger partial charge on any atom is 0.190 e. The minimum absolute atomic E-state index is 0.523. The normalized spacial score (nSPS) is 18.2. The number of nitrogens with zero attached hydrogens (tertiary/aromatic N) is 2. The van der Waals surface area contributed by atoms with E-state index in [0.29, 0.717) is 5.41 Å². The van der Waals surface area contributed by atoms with E-state index in [1.165, 1.54) is 25.7 Å². The van der Waals surface area contributed by atoms with E-state index in [1.807, 2.05) is 7.05 Å². The summed E-state index contributed by atoms with van der Waals surface area (Å²) in [6.07, 6.45) is 6.61. The summed E-state index contributed by atoms with van der Waals surface area (Å²) in [6.45, 7) is 7.82. The van der Waals surface area contributed by atoms with Crippen molar-refractivity contribution in [3.05, 3.63) is 0 Å². The Morgan fingerprint density at radius 2 is 1.95 bits per heavy atom. The molecule has 1 saturated carbocycles. The van der Waals surface area contributed by atoms with Crippen LogP contribution in [0.3, 0.4) is 0 Å². The molecular formula is C16H34N4. The Labute approximate surface area is 125 Å². The minimum Gasteiger partial charge on any atom is -0.356 e. The SMILES string of the molecule is CN=C(NCCCN(C)C)NCC1(CC(C)C)CCC1. The highest BCUT2D eigenvalue weighted by Gasteiger charge is 2.37. The van der Waals surface area contributed by atoms with Crippen LogP contribution in [0.2, 0.25) is 0 Å². The molecule has 4 heteroatoms. The first-order chi connectivity index (χ1) is 9.47. The highest BCUT2D eigenvalue weighted by molar-refractivity contribution is 5.79. The Bertz CT molecular complexity index is 293. The molecule has 1 aliphatic carbocycles. The molecule has 1 fully saturated rings. The molecule has 0 amide bonds. The van der Waals surface area contributed by atoms with Gasteiger partial charge >= 0.3 is 0 Å². The summed E-state index contributed by atoms with van der Waals surface area (Å²) < 4.78 is 0. The van der Waals surface area contributed by atoms with Gasteiger partial charge in [-0.1, -0.05) is 20.3 Å². The summed E-state index contributed by atoms with van der Waals surface area (Å²) in [6, 6.07) is 0. The molecule has 1 rings (SSSR count). The van der Waals surface area contributed by atoms with E-state index in [1.54, 1.807) is 0 Å². The summed E-state index contributed by atoms with van der Waals surface area (Å²) in [5, 5.41) is 6.94. The van der Waals surface area contributed by atoms with Crippen molar-refractivity contribution < 1.29 is 0 Å². The molecule has 0 bridgehead atoms. The standard InChI is InChI=1S/C16H34N4/c1-14(2)12-16(8-6-9-16)13-19-15(17-3)18-10-7-11-20(4)5/h14H,6-13H2,1-5H3,(H2,17,18,19). The number of rotatable bonds is 8. The van der Waals surface area contributed by atoms with Crippen LogP contribution in [-0.2, 0) is 0 Å². The monoisotopic (exact) mass is 282 g/mol. The van der Waals surface area contributed by atoms with Gasteiger partial charge in [-0.15, -0.1) is 0 Å². The Morgan fingerprint density at radius 3 is 2.40 bits per heavy atom. The lowest BCUT2D eigenvalue weighted by Crippen LogP contribution is -2.47. The van der Waals surface area contributed by atoms with E-state index in [4.69, 9.17) is 0 Å². The number of hydrogen-bond acceptors (Lipinski definition) is 2. The Balaban J connectivity index is 2.26. The predicted molar refractivity (Wildman–Crippen MR) is 88.3 cm³/mol. The summed E-state index contributed by atoms with van der Waals surface area (Å²) in [5.41, 5.74) is 0.523. The van der Waals surface area contributed by atoms with Crippen LogP contribution < -0.4 is 10.6 Å². The molecule has 0 atom stereocenters. The van der Waals surface area contributed by atoms with E-state index in [0.717, 1.165) is 37.9 Å². The molecule has 0 aliphatic heterocycles. The molecule has 0 aromatic carbocycles. The van der Waals surface area contributed by atoms with Crippen molar-refractivity contribution >= 4 is 5.96 Å². The number of nitrogens with one attached hydrogen (secondary N) is 2. The Kier molecular flexibility index (Phi) is 7.35. The Morgan fingerprint density at radius 1 is 1.25 bits per heavy atom. The second-order valence-corrected chi connectivity index (χ2v) is 6.96. The first kappa shape index (κ1) is 17.3. The minimum atomic E-state index is 0.523. The van der Waals surface area contributed by atoms with Gasteiger partial charge in [0.15, 0.2) is 5.96 Å². The summed E-state index contributed by atoms with van der Waals surface area (Å²) >= 11 is 0. The van der Waals surface area contributed by atoms with Crippen LogP contribution in [0.15, 0.2) is 4.99 Å². The fourth-order valence-electron chi connectivity index (χ4n) is 3.09. The quantitative estimate of drug-likeness (QED) is 0.408. The van der Waals surface area contributed by atoms with Crippen molar-refractivity contribution in [2.45, 2.75) is 46.0 Å². The fraction of sp³-hybridized carbons (Fsp3) is 0.938. The molecule has 0 spiro atoms. The van der Waals surface area contributed by atoms with E-state index in [-0.39, 0.29) is 0 Å². The van der Waals surface area contributed by atoms with E-state index < -0.39 is 0 Å². The second-order valence-electron chi connectivity index (χ2n) is 6.96. The zero-order chi connectivity index (χ0) is 15.0. The topological polar surface area (TPSA) is 39.7 Å². The van der Waals surface area contributed by atoms with Crippen molar-refractivity contribution in [1.82, 2.24) is 15.5 Å². The van der Waals surface area contributed by atoms with Gasteiger partial charge in [-0.05, 0) is 57.7 Å². The highest BCUT2D eigenvalue weighted by atomic mass is 15.2. The van der Waals surface area contributed by atoms with Gasteiger partial charge in [0.1, 0.15) is 0 Å². The van der Waals surface area contributed by atoms with Crippen LogP contribution in [0.25, 0.3) is 0 Å². The zero-order valence-electron chi connectivity index (χ0n) is 14.1. The van der Waals surface area contributed by atoms with Crippen LogP contribution in [0, 0.1) is 11.3 Å². The lowest BCUT2D eigenvalue weighted by atomic mass is 9.64. The van der Waals surface area contributed by atoms with Gasteiger partial charge in [0.2, 0.25) is 0 Å². The third-order valence-corrected chi connectivity index (χ3v) is 4.18. The summed E-state index contributed by atoms with van der Waals surface area (Å²) in [7, 11) is 6.08. The van der Waals surface area contributed by atoms with Gasteiger partial charge in [0.25, 0.3) is 0 Å². The zero-order valence-corrected chi connectivity index (χ0v) is 14.1. The van der Waals surface area contributed by atoms with Crippen LogP contribution in [0.5, 0.6) is 0 Å². The highest BCUT2D eigenvalue weighted by Crippen LogP contribution is 2.45. The molecule has 0 saturated heterocycles. The number of hydrogen-bond donors (Lipinski definition) is 2. The molecule has 4 nitrogen and oxygen atoms in total. The largest absolute Gasteiger partial charge is 0.356 e. The van der Waals surface area contributed by atoms with Crippen molar-refractivity contribution in [3.63, 3.8) is 0 Å². The van der Waals surface area contributed by atoms with Gasteiger partial charge in [-0.25, -0.2) is 0 Å². The third kappa shape index (κ3) is 6.12. The molecule has 0 heterocycles. The molecule has 2 N–H and O–H groups in total. The smallest absolute Gasteiger partial charge is 0.190 e. The molecular weight excluding hydrogens is 248 g/mol. The molecule has 1 aliphatic rings. The molecule has 0 unspecified atom stereocenters. The van der Waals surface area contributed by atoms with Gasteiger partial charge in [-0.2, -0.15) is 0 Å². The maximum atomic E-state index is 4.33. The van der Waals surface area contributed by atoms with Crippen molar-refractivity contribution in [2.24, 2.45) is 16.3 Å². The van der Waals surface area contributed by atoms with Crippen molar-refractivity contribution in [1.29, 1.82) is 0 Å². The van der Waals surface area contributed by atoms with Crippen LogP contribution in [0.1, 0.15) is 46.0 Å². The average Bonchev–Trinajstić information content (AvgIpc) is 2.33. The Hall–Kier alpha value is -0.770. The lowest BCUT2D eigenvalue weighted by molar-refractivity contribution is 0.104. The molecule has 0 radical (unpaired) electrons. The first-order valence-corrected chi connectivity index (χ1v) is 8.07. The molecule has 118 valence electrons. The van der Waals surface area contributed by atoms with Crippen LogP contribution in [-0.4, -0.2) is 51.6 Å². The van der Waals surface area contributed by atoms with Crippen LogP contribution in [0.4, 0.5) is 0 Å². The van der Waals surface area contributed by atoms with E-state index in [2.05, 4.69) is 48.5 Å². The van der Waals surface area contributed by atoms with E-state index >= 15 is 0 Å². The third-order valence-electron chi connectivity index (χ3n) is 4.18. The fourth-order valence-corrected chi connectivity index (χ4v) is 3.09. The lowest BCUT2D eigenvalue weighted by Gasteiger charge is -2.43. The maximum absolute atomic E-state index is 4.33. The summed E-state index contributed by atoms with van der Waals surface area (Å²) in [4.78, 5) is 6.54. The average molecular weight is 282 g/mol. The number of guanidine groups is 1. The van der Waals surface area contributed by atoms with Gasteiger partial charge < -0.3 is 15.5 Å². The first-order valence-electron chi connectivity index (χ1n) is 8.07. The van der Waals surface area contributed by atoms with E-state index in [9.17, 15) is 0 Å². The van der Waals surface area contributed by atoms with Crippen LogP contribution >= 0.6 is 0 Å². The molecule has 0 aromatic heterocycles. The predicted octanol–water partition coefficient (Wildman–Crippen LogP) is 2.32. The van der Waals surface area contributed by atoms with Gasteiger partial charge in [0.05, 0.1) is 0 Å². The van der Waals surface area contributed by atoms with Gasteiger partial charge in [0, 0.05) is 20.1 Å².